The first kappa shape index (κ1) is 8.47. The van der Waals surface area contributed by atoms with Crippen LogP contribution in [0.5, 0.6) is 0 Å². The average Bonchev–Trinajstić information content (AvgIpc) is 2.63. The van der Waals surface area contributed by atoms with Crippen molar-refractivity contribution in [2.45, 2.75) is 34.9 Å². The van der Waals surface area contributed by atoms with Crippen molar-refractivity contribution < 1.29 is 0 Å². The number of aromatic nitrogens is 2. The lowest BCUT2D eigenvalue weighted by molar-refractivity contribution is 0.706. The Morgan fingerprint density at radius 2 is 2.50 bits per heavy atom. The summed E-state index contributed by atoms with van der Waals surface area (Å²) in [5, 5.41) is 8.47. The van der Waals surface area contributed by atoms with Crippen molar-refractivity contribution >= 4 is 23.1 Å². The molecule has 0 spiro atoms. The van der Waals surface area contributed by atoms with E-state index in [1.807, 2.05) is 11.8 Å². The second kappa shape index (κ2) is 3.72. The Morgan fingerprint density at radius 1 is 1.58 bits per heavy atom. The van der Waals surface area contributed by atoms with Crippen molar-refractivity contribution in [2.75, 3.05) is 0 Å². The van der Waals surface area contributed by atoms with Crippen LogP contribution in [-0.2, 0) is 0 Å². The van der Waals surface area contributed by atoms with Crippen molar-refractivity contribution in [2.24, 2.45) is 5.73 Å². The van der Waals surface area contributed by atoms with E-state index in [0.29, 0.717) is 11.3 Å². The lowest BCUT2D eigenvalue weighted by Crippen LogP contribution is -2.15. The first-order valence-electron chi connectivity index (χ1n) is 4.03. The molecule has 1 aromatic heterocycles. The van der Waals surface area contributed by atoms with Gasteiger partial charge in [0.2, 0.25) is 0 Å². The van der Waals surface area contributed by atoms with Gasteiger partial charge in [0.05, 0.1) is 0 Å². The van der Waals surface area contributed by atoms with Crippen LogP contribution in [0.15, 0.2) is 9.85 Å². The van der Waals surface area contributed by atoms with Gasteiger partial charge < -0.3 is 5.73 Å². The summed E-state index contributed by atoms with van der Waals surface area (Å²) in [4.78, 5) is 0. The zero-order valence-electron chi connectivity index (χ0n) is 6.64. The largest absolute Gasteiger partial charge is 0.328 e. The smallest absolute Gasteiger partial charge is 0.174 e. The SMILES string of the molecule is NC1CCC(Sc2nncs2)C1. The molecule has 2 atom stereocenters. The lowest BCUT2D eigenvalue weighted by Gasteiger charge is -2.04. The van der Waals surface area contributed by atoms with Gasteiger partial charge in [-0.25, -0.2) is 0 Å². The lowest BCUT2D eigenvalue weighted by atomic mass is 10.3. The van der Waals surface area contributed by atoms with Gasteiger partial charge in [-0.15, -0.1) is 10.2 Å². The Hall–Kier alpha value is -0.130. The molecule has 0 saturated heterocycles. The summed E-state index contributed by atoms with van der Waals surface area (Å²) in [6.45, 7) is 0. The van der Waals surface area contributed by atoms with Crippen LogP contribution in [-0.4, -0.2) is 21.5 Å². The van der Waals surface area contributed by atoms with Crippen molar-refractivity contribution in [3.63, 3.8) is 0 Å². The van der Waals surface area contributed by atoms with Crippen molar-refractivity contribution in [1.82, 2.24) is 10.2 Å². The van der Waals surface area contributed by atoms with E-state index in [1.54, 1.807) is 16.8 Å². The van der Waals surface area contributed by atoms with Crippen LogP contribution in [0.4, 0.5) is 0 Å². The van der Waals surface area contributed by atoms with Crippen LogP contribution < -0.4 is 5.73 Å². The molecule has 1 fully saturated rings. The summed E-state index contributed by atoms with van der Waals surface area (Å²) in [6, 6.07) is 0.412. The third kappa shape index (κ3) is 1.97. The molecule has 0 aliphatic heterocycles. The molecule has 1 saturated carbocycles. The number of hydrogen-bond donors (Lipinski definition) is 1. The third-order valence-electron chi connectivity index (χ3n) is 2.03. The van der Waals surface area contributed by atoms with Crippen LogP contribution in [0.3, 0.4) is 0 Å². The number of nitrogens with two attached hydrogens (primary N) is 1. The highest BCUT2D eigenvalue weighted by atomic mass is 32.2. The van der Waals surface area contributed by atoms with Gasteiger partial charge >= 0.3 is 0 Å². The summed E-state index contributed by atoms with van der Waals surface area (Å²) in [7, 11) is 0. The van der Waals surface area contributed by atoms with Gasteiger partial charge in [0.15, 0.2) is 4.34 Å². The predicted molar refractivity (Wildman–Crippen MR) is 51.4 cm³/mol. The van der Waals surface area contributed by atoms with E-state index in [4.69, 9.17) is 5.73 Å². The zero-order valence-corrected chi connectivity index (χ0v) is 8.27. The molecule has 1 heterocycles. The first-order chi connectivity index (χ1) is 5.84. The van der Waals surface area contributed by atoms with Crippen LogP contribution in [0, 0.1) is 0 Å². The van der Waals surface area contributed by atoms with Gasteiger partial charge in [-0.05, 0) is 19.3 Å². The quantitative estimate of drug-likeness (QED) is 0.788. The topological polar surface area (TPSA) is 51.8 Å². The Balaban J connectivity index is 1.88. The molecule has 0 radical (unpaired) electrons. The maximum Gasteiger partial charge on any atom is 0.174 e. The van der Waals surface area contributed by atoms with Crippen LogP contribution in [0.25, 0.3) is 0 Å². The molecule has 12 heavy (non-hydrogen) atoms. The Bertz CT molecular complexity index is 237. The summed E-state index contributed by atoms with van der Waals surface area (Å²) in [5.74, 6) is 0. The zero-order chi connectivity index (χ0) is 8.39. The summed E-state index contributed by atoms with van der Waals surface area (Å²) in [5.41, 5.74) is 7.58. The number of hydrogen-bond acceptors (Lipinski definition) is 5. The fraction of sp³-hybridized carbons (Fsp3) is 0.714. The highest BCUT2D eigenvalue weighted by Crippen LogP contribution is 2.34. The third-order valence-corrected chi connectivity index (χ3v) is 4.14. The van der Waals surface area contributed by atoms with Gasteiger partial charge in [-0.1, -0.05) is 23.1 Å². The van der Waals surface area contributed by atoms with E-state index in [1.165, 1.54) is 6.42 Å². The minimum Gasteiger partial charge on any atom is -0.328 e. The maximum absolute atomic E-state index is 5.81. The second-order valence-corrected chi connectivity index (χ2v) is 5.40. The summed E-state index contributed by atoms with van der Waals surface area (Å²) >= 11 is 3.44. The highest BCUT2D eigenvalue weighted by molar-refractivity contribution is 8.01. The predicted octanol–water partition coefficient (Wildman–Crippen LogP) is 1.51. The minimum atomic E-state index is 0.412. The summed E-state index contributed by atoms with van der Waals surface area (Å²) < 4.78 is 1.08. The number of nitrogens with zero attached hydrogens (tertiary/aromatic N) is 2. The van der Waals surface area contributed by atoms with Gasteiger partial charge in [-0.3, -0.25) is 0 Å². The van der Waals surface area contributed by atoms with E-state index >= 15 is 0 Å². The molecular formula is C7H11N3S2. The van der Waals surface area contributed by atoms with Crippen LogP contribution >= 0.6 is 23.1 Å². The summed E-state index contributed by atoms with van der Waals surface area (Å²) in [6.07, 6.45) is 3.52. The molecule has 3 nitrogen and oxygen atoms in total. The molecule has 1 aliphatic carbocycles. The maximum atomic E-state index is 5.81. The average molecular weight is 201 g/mol. The Kier molecular flexibility index (Phi) is 2.63. The standard InChI is InChI=1S/C7H11N3S2/c8-5-1-2-6(3-5)12-7-10-9-4-11-7/h4-6H,1-3,8H2. The first-order valence-corrected chi connectivity index (χ1v) is 5.79. The fourth-order valence-electron chi connectivity index (χ4n) is 1.44. The molecule has 66 valence electrons. The molecular weight excluding hydrogens is 190 g/mol. The van der Waals surface area contributed by atoms with Crippen molar-refractivity contribution in [3.05, 3.63) is 5.51 Å². The highest BCUT2D eigenvalue weighted by Gasteiger charge is 2.23. The molecule has 0 aromatic carbocycles. The van der Waals surface area contributed by atoms with Crippen molar-refractivity contribution in [3.8, 4) is 0 Å². The van der Waals surface area contributed by atoms with Gasteiger partial charge in [-0.2, -0.15) is 0 Å². The second-order valence-electron chi connectivity index (χ2n) is 3.02. The fourth-order valence-corrected chi connectivity index (χ4v) is 3.45. The monoisotopic (exact) mass is 201 g/mol. The number of thioether (sulfide) groups is 1. The molecule has 5 heteroatoms. The van der Waals surface area contributed by atoms with Crippen LogP contribution in [0.2, 0.25) is 0 Å². The van der Waals surface area contributed by atoms with Crippen molar-refractivity contribution in [1.29, 1.82) is 0 Å². The van der Waals surface area contributed by atoms with E-state index in [9.17, 15) is 0 Å². The Labute approximate surface area is 79.8 Å². The van der Waals surface area contributed by atoms with E-state index in [0.717, 1.165) is 17.2 Å². The molecule has 2 unspecified atom stereocenters. The normalized spacial score (nSPS) is 29.4. The van der Waals surface area contributed by atoms with Gasteiger partial charge in [0, 0.05) is 11.3 Å². The molecule has 2 N–H and O–H groups in total. The van der Waals surface area contributed by atoms with E-state index < -0.39 is 0 Å². The minimum absolute atomic E-state index is 0.412. The molecule has 2 rings (SSSR count). The molecule has 0 bridgehead atoms. The van der Waals surface area contributed by atoms with E-state index in [2.05, 4.69) is 10.2 Å². The van der Waals surface area contributed by atoms with E-state index in [-0.39, 0.29) is 0 Å². The van der Waals surface area contributed by atoms with Gasteiger partial charge in [0.25, 0.3) is 0 Å². The molecule has 1 aliphatic rings. The number of rotatable bonds is 2. The van der Waals surface area contributed by atoms with Crippen LogP contribution in [0.1, 0.15) is 19.3 Å². The molecule has 1 aromatic rings. The Morgan fingerprint density at radius 3 is 3.08 bits per heavy atom. The molecule has 0 amide bonds. The van der Waals surface area contributed by atoms with Gasteiger partial charge in [0.1, 0.15) is 5.51 Å².